The van der Waals surface area contributed by atoms with Crippen molar-refractivity contribution in [1.29, 1.82) is 0 Å². The average molecular weight is 316 g/mol. The SMILES string of the molecule is S=C(N/N=C/C=C/c1ccccc1)Nc1cccc(Cl)c1. The topological polar surface area (TPSA) is 36.4 Å². The van der Waals surface area contributed by atoms with Gasteiger partial charge in [0.25, 0.3) is 0 Å². The zero-order valence-corrected chi connectivity index (χ0v) is 12.7. The maximum absolute atomic E-state index is 5.89. The number of nitrogens with one attached hydrogen (secondary N) is 2. The summed E-state index contributed by atoms with van der Waals surface area (Å²) in [6, 6.07) is 17.3. The summed E-state index contributed by atoms with van der Waals surface area (Å²) < 4.78 is 0. The van der Waals surface area contributed by atoms with Crippen molar-refractivity contribution in [1.82, 2.24) is 5.43 Å². The van der Waals surface area contributed by atoms with Crippen molar-refractivity contribution in [3.05, 3.63) is 71.3 Å². The van der Waals surface area contributed by atoms with Crippen molar-refractivity contribution >= 4 is 46.9 Å². The van der Waals surface area contributed by atoms with Crippen LogP contribution in [0.2, 0.25) is 5.02 Å². The van der Waals surface area contributed by atoms with Crippen LogP contribution in [-0.2, 0) is 0 Å². The summed E-state index contributed by atoms with van der Waals surface area (Å²) >= 11 is 11.0. The molecule has 0 aromatic heterocycles. The van der Waals surface area contributed by atoms with Crippen molar-refractivity contribution in [2.45, 2.75) is 0 Å². The number of hydrogen-bond acceptors (Lipinski definition) is 2. The van der Waals surface area contributed by atoms with Crippen LogP contribution in [0.25, 0.3) is 6.08 Å². The highest BCUT2D eigenvalue weighted by Crippen LogP contribution is 2.14. The molecule has 0 saturated heterocycles. The number of benzene rings is 2. The molecule has 5 heteroatoms. The predicted molar refractivity (Wildman–Crippen MR) is 94.8 cm³/mol. The van der Waals surface area contributed by atoms with E-state index in [1.54, 1.807) is 18.3 Å². The number of hydrogen-bond donors (Lipinski definition) is 2. The first-order valence-electron chi connectivity index (χ1n) is 6.31. The molecule has 0 aliphatic heterocycles. The van der Waals surface area contributed by atoms with Crippen LogP contribution in [0.3, 0.4) is 0 Å². The molecule has 0 aliphatic rings. The van der Waals surface area contributed by atoms with E-state index in [9.17, 15) is 0 Å². The number of anilines is 1. The third kappa shape index (κ3) is 5.77. The van der Waals surface area contributed by atoms with Gasteiger partial charge in [-0.2, -0.15) is 5.10 Å². The van der Waals surface area contributed by atoms with Gasteiger partial charge in [-0.1, -0.05) is 54.1 Å². The summed E-state index contributed by atoms with van der Waals surface area (Å²) in [6.07, 6.45) is 5.43. The standard InChI is InChI=1S/C16H14ClN3S/c17-14-9-4-10-15(12-14)19-16(21)20-18-11-5-8-13-6-2-1-3-7-13/h1-12H,(H2,19,20,21)/b8-5+,18-11+. The summed E-state index contributed by atoms with van der Waals surface area (Å²) in [5.74, 6) is 0. The summed E-state index contributed by atoms with van der Waals surface area (Å²) in [4.78, 5) is 0. The Kier molecular flexibility index (Phi) is 5.94. The Bertz CT molecular complexity index is 654. The van der Waals surface area contributed by atoms with Gasteiger partial charge in [0, 0.05) is 16.9 Å². The largest absolute Gasteiger partial charge is 0.331 e. The number of halogens is 1. The summed E-state index contributed by atoms with van der Waals surface area (Å²) in [7, 11) is 0. The lowest BCUT2D eigenvalue weighted by molar-refractivity contribution is 1.05. The highest BCUT2D eigenvalue weighted by Gasteiger charge is 1.96. The molecule has 2 rings (SSSR count). The first kappa shape index (κ1) is 15.2. The van der Waals surface area contributed by atoms with Crippen molar-refractivity contribution in [3.63, 3.8) is 0 Å². The van der Waals surface area contributed by atoms with E-state index in [0.717, 1.165) is 11.3 Å². The van der Waals surface area contributed by atoms with Crippen molar-refractivity contribution in [3.8, 4) is 0 Å². The van der Waals surface area contributed by atoms with E-state index in [1.165, 1.54) is 0 Å². The fraction of sp³-hybridized carbons (Fsp3) is 0. The zero-order chi connectivity index (χ0) is 14.9. The fourth-order valence-corrected chi connectivity index (χ4v) is 1.94. The van der Waals surface area contributed by atoms with Crippen LogP contribution in [-0.4, -0.2) is 11.3 Å². The van der Waals surface area contributed by atoms with E-state index in [2.05, 4.69) is 15.8 Å². The minimum atomic E-state index is 0.404. The van der Waals surface area contributed by atoms with Gasteiger partial charge < -0.3 is 5.32 Å². The first-order chi connectivity index (χ1) is 10.2. The van der Waals surface area contributed by atoms with E-state index < -0.39 is 0 Å². The Morgan fingerprint density at radius 3 is 2.67 bits per heavy atom. The van der Waals surface area contributed by atoms with Gasteiger partial charge in [0.1, 0.15) is 0 Å². The highest BCUT2D eigenvalue weighted by atomic mass is 35.5. The van der Waals surface area contributed by atoms with Crippen LogP contribution in [0.4, 0.5) is 5.69 Å². The third-order valence-corrected chi connectivity index (χ3v) is 2.93. The molecule has 2 aromatic carbocycles. The molecule has 3 nitrogen and oxygen atoms in total. The molecule has 2 aromatic rings. The van der Waals surface area contributed by atoms with Crippen LogP contribution in [0, 0.1) is 0 Å². The Morgan fingerprint density at radius 1 is 1.10 bits per heavy atom. The minimum absolute atomic E-state index is 0.404. The van der Waals surface area contributed by atoms with Gasteiger partial charge in [-0.3, -0.25) is 5.43 Å². The van der Waals surface area contributed by atoms with Crippen molar-refractivity contribution < 1.29 is 0 Å². The molecule has 0 radical (unpaired) electrons. The molecule has 21 heavy (non-hydrogen) atoms. The molecule has 0 amide bonds. The van der Waals surface area contributed by atoms with Gasteiger partial charge in [-0.25, -0.2) is 0 Å². The molecule has 106 valence electrons. The lowest BCUT2D eigenvalue weighted by Crippen LogP contribution is -2.23. The second kappa shape index (κ2) is 8.19. The second-order valence-electron chi connectivity index (χ2n) is 4.12. The molecule has 0 fully saturated rings. The lowest BCUT2D eigenvalue weighted by atomic mass is 10.2. The van der Waals surface area contributed by atoms with Gasteiger partial charge in [0.15, 0.2) is 5.11 Å². The van der Waals surface area contributed by atoms with E-state index in [4.69, 9.17) is 23.8 Å². The smallest absolute Gasteiger partial charge is 0.191 e. The first-order valence-corrected chi connectivity index (χ1v) is 7.10. The van der Waals surface area contributed by atoms with E-state index in [1.807, 2.05) is 54.6 Å². The van der Waals surface area contributed by atoms with E-state index >= 15 is 0 Å². The maximum Gasteiger partial charge on any atom is 0.191 e. The molecule has 2 N–H and O–H groups in total. The number of rotatable bonds is 4. The van der Waals surface area contributed by atoms with Gasteiger partial charge in [-0.15, -0.1) is 0 Å². The molecule has 0 saturated carbocycles. The Hall–Kier alpha value is -2.17. The van der Waals surface area contributed by atoms with Crippen LogP contribution in [0.1, 0.15) is 5.56 Å². The van der Waals surface area contributed by atoms with Gasteiger partial charge in [0.05, 0.1) is 0 Å². The van der Waals surface area contributed by atoms with Crippen LogP contribution in [0.15, 0.2) is 65.8 Å². The third-order valence-electron chi connectivity index (χ3n) is 2.50. The molecule has 0 heterocycles. The number of hydrazone groups is 1. The normalized spacial score (nSPS) is 10.9. The molecule has 0 unspecified atom stereocenters. The Morgan fingerprint density at radius 2 is 1.90 bits per heavy atom. The molecule has 0 bridgehead atoms. The highest BCUT2D eigenvalue weighted by molar-refractivity contribution is 7.80. The van der Waals surface area contributed by atoms with Crippen LogP contribution < -0.4 is 10.7 Å². The predicted octanol–water partition coefficient (Wildman–Crippen LogP) is 4.33. The van der Waals surface area contributed by atoms with Gasteiger partial charge in [-0.05, 0) is 42.1 Å². The van der Waals surface area contributed by atoms with Gasteiger partial charge >= 0.3 is 0 Å². The van der Waals surface area contributed by atoms with Crippen molar-refractivity contribution in [2.24, 2.45) is 5.10 Å². The Balaban J connectivity index is 1.79. The summed E-state index contributed by atoms with van der Waals surface area (Å²) in [5, 5.41) is 8.05. The lowest BCUT2D eigenvalue weighted by Gasteiger charge is -2.06. The maximum atomic E-state index is 5.89. The molecule has 0 aliphatic carbocycles. The molecule has 0 spiro atoms. The molecular formula is C16H14ClN3S. The Labute approximate surface area is 134 Å². The molecule has 0 atom stereocenters. The van der Waals surface area contributed by atoms with Gasteiger partial charge in [0.2, 0.25) is 0 Å². The van der Waals surface area contributed by atoms with Crippen LogP contribution >= 0.6 is 23.8 Å². The fourth-order valence-electron chi connectivity index (χ4n) is 1.58. The number of thiocarbonyl (C=S) groups is 1. The zero-order valence-electron chi connectivity index (χ0n) is 11.2. The van der Waals surface area contributed by atoms with E-state index in [0.29, 0.717) is 10.1 Å². The van der Waals surface area contributed by atoms with E-state index in [-0.39, 0.29) is 0 Å². The number of nitrogens with zero attached hydrogens (tertiary/aromatic N) is 1. The second-order valence-corrected chi connectivity index (χ2v) is 4.97. The number of allylic oxidation sites excluding steroid dienone is 1. The summed E-state index contributed by atoms with van der Waals surface area (Å²) in [5.41, 5.74) is 4.66. The van der Waals surface area contributed by atoms with Crippen LogP contribution in [0.5, 0.6) is 0 Å². The minimum Gasteiger partial charge on any atom is -0.331 e. The van der Waals surface area contributed by atoms with Crippen molar-refractivity contribution in [2.75, 3.05) is 5.32 Å². The monoisotopic (exact) mass is 315 g/mol. The average Bonchev–Trinajstić information content (AvgIpc) is 2.48. The quantitative estimate of drug-likeness (QED) is 0.501. The summed E-state index contributed by atoms with van der Waals surface area (Å²) in [6.45, 7) is 0. The molecular weight excluding hydrogens is 302 g/mol.